The molecule has 2 aliphatic rings. The third kappa shape index (κ3) is 2.77. The fourth-order valence-electron chi connectivity index (χ4n) is 2.57. The summed E-state index contributed by atoms with van der Waals surface area (Å²) in [6.07, 6.45) is -0.546. The molecular weight excluding hydrogens is 256 g/mol. The summed E-state index contributed by atoms with van der Waals surface area (Å²) in [6.45, 7) is 6.44. The summed E-state index contributed by atoms with van der Waals surface area (Å²) >= 11 is 0. The van der Waals surface area contributed by atoms with Gasteiger partial charge in [0.1, 0.15) is 5.60 Å². The van der Waals surface area contributed by atoms with Crippen molar-refractivity contribution in [1.82, 2.24) is 10.6 Å². The van der Waals surface area contributed by atoms with Crippen LogP contribution in [-0.2, 0) is 14.6 Å². The predicted molar refractivity (Wildman–Crippen MR) is 67.1 cm³/mol. The van der Waals surface area contributed by atoms with Crippen molar-refractivity contribution >= 4 is 15.9 Å². The third-order valence-corrected chi connectivity index (χ3v) is 5.56. The molecule has 0 aromatic heterocycles. The Morgan fingerprint density at radius 3 is 2.61 bits per heavy atom. The van der Waals surface area contributed by atoms with Crippen LogP contribution in [0.5, 0.6) is 0 Å². The molecule has 0 unspecified atom stereocenters. The summed E-state index contributed by atoms with van der Waals surface area (Å²) < 4.78 is 28.9. The van der Waals surface area contributed by atoms with Gasteiger partial charge in [-0.25, -0.2) is 13.2 Å². The Bertz CT molecular complexity index is 440. The van der Waals surface area contributed by atoms with Crippen LogP contribution in [0.4, 0.5) is 4.79 Å². The molecule has 3 atom stereocenters. The number of alkyl carbamates (subject to hydrolysis) is 1. The van der Waals surface area contributed by atoms with Crippen molar-refractivity contribution in [2.45, 2.75) is 37.7 Å². The van der Waals surface area contributed by atoms with E-state index < -0.39 is 21.5 Å². The second-order valence-electron chi connectivity index (χ2n) is 5.94. The summed E-state index contributed by atoms with van der Waals surface area (Å²) in [5, 5.41) is 5.38. The van der Waals surface area contributed by atoms with Gasteiger partial charge in [0.15, 0.2) is 9.84 Å². The summed E-state index contributed by atoms with van der Waals surface area (Å²) in [6, 6.07) is -0.343. The Hall–Kier alpha value is -0.820. The first-order valence-electron chi connectivity index (χ1n) is 6.11. The first-order valence-corrected chi connectivity index (χ1v) is 7.82. The van der Waals surface area contributed by atoms with Crippen LogP contribution in [0.1, 0.15) is 20.8 Å². The molecule has 2 heterocycles. The molecule has 7 heteroatoms. The van der Waals surface area contributed by atoms with Gasteiger partial charge in [-0.3, -0.25) is 0 Å². The Kier molecular flexibility index (Phi) is 3.31. The highest BCUT2D eigenvalue weighted by molar-refractivity contribution is 7.92. The normalized spacial score (nSPS) is 34.1. The quantitative estimate of drug-likeness (QED) is 0.698. The average molecular weight is 276 g/mol. The molecule has 0 aromatic rings. The third-order valence-electron chi connectivity index (χ3n) is 3.30. The van der Waals surface area contributed by atoms with Crippen molar-refractivity contribution < 1.29 is 17.9 Å². The molecule has 0 aromatic carbocycles. The topological polar surface area (TPSA) is 84.5 Å². The second-order valence-corrected chi connectivity index (χ2v) is 8.21. The van der Waals surface area contributed by atoms with Gasteiger partial charge in [-0.15, -0.1) is 0 Å². The zero-order valence-corrected chi connectivity index (χ0v) is 11.7. The summed E-state index contributed by atoms with van der Waals surface area (Å²) in [5.41, 5.74) is -0.575. The molecule has 0 bridgehead atoms. The van der Waals surface area contributed by atoms with E-state index in [1.807, 2.05) is 0 Å². The minimum Gasteiger partial charge on any atom is -0.444 e. The lowest BCUT2D eigenvalue weighted by Crippen LogP contribution is -2.44. The minimum atomic E-state index is -3.10. The van der Waals surface area contributed by atoms with Crippen LogP contribution in [0.2, 0.25) is 0 Å². The number of hydrogen-bond donors (Lipinski definition) is 2. The van der Waals surface area contributed by atoms with Crippen molar-refractivity contribution in [3.05, 3.63) is 0 Å². The van der Waals surface area contributed by atoms with E-state index in [-0.39, 0.29) is 23.0 Å². The molecule has 0 radical (unpaired) electrons. The van der Waals surface area contributed by atoms with E-state index in [0.29, 0.717) is 13.1 Å². The Morgan fingerprint density at radius 2 is 2.00 bits per heavy atom. The first kappa shape index (κ1) is 13.6. The lowest BCUT2D eigenvalue weighted by Gasteiger charge is -2.23. The van der Waals surface area contributed by atoms with E-state index in [4.69, 9.17) is 4.74 Å². The van der Waals surface area contributed by atoms with Crippen LogP contribution in [0.3, 0.4) is 0 Å². The van der Waals surface area contributed by atoms with Gasteiger partial charge in [-0.2, -0.15) is 0 Å². The number of sulfone groups is 1. The van der Waals surface area contributed by atoms with Gasteiger partial charge < -0.3 is 15.4 Å². The van der Waals surface area contributed by atoms with E-state index >= 15 is 0 Å². The number of amides is 1. The van der Waals surface area contributed by atoms with Crippen molar-refractivity contribution in [2.75, 3.05) is 18.8 Å². The Balaban J connectivity index is 2.01. The molecule has 2 rings (SSSR count). The maximum absolute atomic E-state index is 11.9. The molecule has 6 nitrogen and oxygen atoms in total. The van der Waals surface area contributed by atoms with Gasteiger partial charge >= 0.3 is 6.09 Å². The zero-order valence-electron chi connectivity index (χ0n) is 10.9. The zero-order chi connectivity index (χ0) is 13.6. The standard InChI is InChI=1S/C11H20N2O4S/c1-11(2,3)17-10(14)13-8-6-18(15,16)9-5-12-4-7(8)9/h7-9,12H,4-6H2,1-3H3,(H,13,14)/t7-,8-,9-/m1/s1. The molecule has 18 heavy (non-hydrogen) atoms. The largest absolute Gasteiger partial charge is 0.444 e. The van der Waals surface area contributed by atoms with Crippen molar-refractivity contribution in [3.63, 3.8) is 0 Å². The number of carbonyl (C=O) groups excluding carboxylic acids is 1. The minimum absolute atomic E-state index is 0.0171. The maximum atomic E-state index is 11.9. The molecule has 2 aliphatic heterocycles. The van der Waals surface area contributed by atoms with E-state index in [0.717, 1.165) is 0 Å². The molecule has 0 aliphatic carbocycles. The van der Waals surface area contributed by atoms with Gasteiger partial charge in [-0.05, 0) is 20.8 Å². The van der Waals surface area contributed by atoms with Crippen LogP contribution in [-0.4, -0.2) is 50.2 Å². The molecule has 2 N–H and O–H groups in total. The summed E-state index contributed by atoms with van der Waals surface area (Å²) in [7, 11) is -3.10. The van der Waals surface area contributed by atoms with Gasteiger partial charge in [0.05, 0.1) is 17.0 Å². The van der Waals surface area contributed by atoms with Crippen LogP contribution in [0.15, 0.2) is 0 Å². The summed E-state index contributed by atoms with van der Waals surface area (Å²) in [4.78, 5) is 11.7. The highest BCUT2D eigenvalue weighted by Gasteiger charge is 2.50. The van der Waals surface area contributed by atoms with Gasteiger partial charge in [0, 0.05) is 19.0 Å². The number of hydrogen-bond acceptors (Lipinski definition) is 5. The highest BCUT2D eigenvalue weighted by atomic mass is 32.2. The maximum Gasteiger partial charge on any atom is 0.407 e. The van der Waals surface area contributed by atoms with E-state index in [2.05, 4.69) is 10.6 Å². The first-order chi connectivity index (χ1) is 8.19. The molecule has 0 saturated carbocycles. The number of ether oxygens (including phenoxy) is 1. The van der Waals surface area contributed by atoms with Crippen molar-refractivity contribution in [2.24, 2.45) is 5.92 Å². The van der Waals surface area contributed by atoms with E-state index in [1.165, 1.54) is 0 Å². The number of fused-ring (bicyclic) bond motifs is 1. The lowest BCUT2D eigenvalue weighted by molar-refractivity contribution is 0.0499. The van der Waals surface area contributed by atoms with Crippen molar-refractivity contribution in [1.29, 1.82) is 0 Å². The van der Waals surface area contributed by atoms with E-state index in [1.54, 1.807) is 20.8 Å². The fourth-order valence-corrected chi connectivity index (χ4v) is 4.84. The second kappa shape index (κ2) is 4.38. The highest BCUT2D eigenvalue weighted by Crippen LogP contribution is 2.30. The molecule has 104 valence electrons. The summed E-state index contributed by atoms with van der Waals surface area (Å²) in [5.74, 6) is -0.0222. The number of nitrogens with one attached hydrogen (secondary N) is 2. The Morgan fingerprint density at radius 1 is 1.33 bits per heavy atom. The molecule has 0 spiro atoms. The molecule has 1 amide bonds. The van der Waals surface area contributed by atoms with E-state index in [9.17, 15) is 13.2 Å². The van der Waals surface area contributed by atoms with Gasteiger partial charge in [-0.1, -0.05) is 0 Å². The smallest absolute Gasteiger partial charge is 0.407 e. The average Bonchev–Trinajstić information content (AvgIpc) is 2.67. The monoisotopic (exact) mass is 276 g/mol. The van der Waals surface area contributed by atoms with Crippen molar-refractivity contribution in [3.8, 4) is 0 Å². The van der Waals surface area contributed by atoms with Crippen LogP contribution >= 0.6 is 0 Å². The SMILES string of the molecule is CC(C)(C)OC(=O)N[C@@H]1CS(=O)(=O)[C@@H]2CNC[C@@H]21. The fraction of sp³-hybridized carbons (Fsp3) is 0.909. The number of rotatable bonds is 1. The predicted octanol–water partition coefficient (Wildman–Crippen LogP) is -0.104. The molecule has 2 fully saturated rings. The van der Waals surface area contributed by atoms with Crippen LogP contribution < -0.4 is 10.6 Å². The lowest BCUT2D eigenvalue weighted by atomic mass is 10.0. The van der Waals surface area contributed by atoms with Crippen LogP contribution in [0.25, 0.3) is 0 Å². The van der Waals surface area contributed by atoms with Crippen LogP contribution in [0, 0.1) is 5.92 Å². The Labute approximate surface area is 107 Å². The number of carbonyl (C=O) groups is 1. The molecule has 2 saturated heterocycles. The van der Waals surface area contributed by atoms with Gasteiger partial charge in [0.25, 0.3) is 0 Å². The van der Waals surface area contributed by atoms with Gasteiger partial charge in [0.2, 0.25) is 0 Å². The molecular formula is C11H20N2O4S.